The minimum Gasteiger partial charge on any atom is -0.489 e. The summed E-state index contributed by atoms with van der Waals surface area (Å²) in [5, 5.41) is 3.12. The maximum Gasteiger partial charge on any atom is 0.314 e. The molecule has 2 heterocycles. The Morgan fingerprint density at radius 2 is 2.19 bits per heavy atom. The predicted molar refractivity (Wildman–Crippen MR) is 103 cm³/mol. The molecule has 8 heteroatoms. The molecule has 2 saturated heterocycles. The Kier molecular flexibility index (Phi) is 7.05. The number of nitrogens with zero attached hydrogens (tertiary/aromatic N) is 1. The minimum absolute atomic E-state index is 0.0606. The van der Waals surface area contributed by atoms with Crippen LogP contribution in [-0.4, -0.2) is 60.6 Å². The van der Waals surface area contributed by atoms with Gasteiger partial charge in [-0.25, -0.2) is 0 Å². The van der Waals surface area contributed by atoms with E-state index in [2.05, 4.69) is 5.32 Å². The number of nitrogens with one attached hydrogen (secondary N) is 1. The molecule has 0 bridgehead atoms. The monoisotopic (exact) mass is 398 g/mol. The molecule has 2 amide bonds. The number of carbonyl (C=O) groups excluding carboxylic acids is 2. The topological polar surface area (TPSA) is 67.9 Å². The summed E-state index contributed by atoms with van der Waals surface area (Å²) in [5.74, 6) is 1.17. The van der Waals surface area contributed by atoms with E-state index in [1.54, 1.807) is 34.9 Å². The lowest BCUT2D eigenvalue weighted by Gasteiger charge is -2.20. The summed E-state index contributed by atoms with van der Waals surface area (Å²) >= 11 is 7.85. The van der Waals surface area contributed by atoms with E-state index in [0.29, 0.717) is 36.2 Å². The molecule has 6 nitrogen and oxygen atoms in total. The fourth-order valence-corrected chi connectivity index (χ4v) is 4.01. The lowest BCUT2D eigenvalue weighted by Crippen LogP contribution is -2.41. The molecule has 142 valence electrons. The van der Waals surface area contributed by atoms with Gasteiger partial charge in [0.15, 0.2) is 0 Å². The van der Waals surface area contributed by atoms with Crippen molar-refractivity contribution in [3.05, 3.63) is 23.2 Å². The van der Waals surface area contributed by atoms with Crippen molar-refractivity contribution in [2.45, 2.75) is 25.4 Å². The van der Waals surface area contributed by atoms with Gasteiger partial charge in [0.2, 0.25) is 0 Å². The standard InChI is InChI=1S/C18H23ClN2O4S/c19-13-4-5-16(25-12-14-3-1-8-24-14)15(11-13)20-17(22)18(23)21-6-2-9-26-10-7-21/h4-5,11,14H,1-3,6-10,12H2,(H,20,22). The van der Waals surface area contributed by atoms with Crippen molar-refractivity contribution in [3.63, 3.8) is 0 Å². The first-order valence-electron chi connectivity index (χ1n) is 8.85. The Hall–Kier alpha value is -1.44. The molecule has 0 spiro atoms. The summed E-state index contributed by atoms with van der Waals surface area (Å²) in [6, 6.07) is 4.98. The number of halogens is 1. The van der Waals surface area contributed by atoms with Crippen LogP contribution in [0.15, 0.2) is 18.2 Å². The van der Waals surface area contributed by atoms with Gasteiger partial charge in [-0.1, -0.05) is 11.6 Å². The zero-order valence-electron chi connectivity index (χ0n) is 14.5. The van der Waals surface area contributed by atoms with E-state index in [1.807, 2.05) is 0 Å². The van der Waals surface area contributed by atoms with E-state index < -0.39 is 11.8 Å². The molecule has 1 atom stereocenters. The third kappa shape index (κ3) is 5.28. The number of rotatable bonds is 4. The molecule has 26 heavy (non-hydrogen) atoms. The van der Waals surface area contributed by atoms with Crippen molar-refractivity contribution >= 4 is 40.9 Å². The van der Waals surface area contributed by atoms with Crippen LogP contribution in [0.1, 0.15) is 19.3 Å². The molecule has 2 fully saturated rings. The highest BCUT2D eigenvalue weighted by Crippen LogP contribution is 2.29. The summed E-state index contributed by atoms with van der Waals surface area (Å²) in [5.41, 5.74) is 0.401. The molecule has 1 unspecified atom stereocenters. The Bertz CT molecular complexity index is 644. The van der Waals surface area contributed by atoms with Gasteiger partial charge in [0.05, 0.1) is 11.8 Å². The first kappa shape index (κ1) is 19.3. The van der Waals surface area contributed by atoms with E-state index in [4.69, 9.17) is 21.1 Å². The van der Waals surface area contributed by atoms with Crippen molar-refractivity contribution in [1.82, 2.24) is 4.90 Å². The van der Waals surface area contributed by atoms with Crippen molar-refractivity contribution in [3.8, 4) is 5.75 Å². The van der Waals surface area contributed by atoms with Crippen LogP contribution in [0, 0.1) is 0 Å². The van der Waals surface area contributed by atoms with Crippen LogP contribution in [0.3, 0.4) is 0 Å². The van der Waals surface area contributed by atoms with Crippen molar-refractivity contribution < 1.29 is 19.1 Å². The molecule has 1 aromatic rings. The summed E-state index contributed by atoms with van der Waals surface area (Å²) in [7, 11) is 0. The Labute approximate surface area is 162 Å². The van der Waals surface area contributed by atoms with Crippen LogP contribution >= 0.6 is 23.4 Å². The number of hydrogen-bond acceptors (Lipinski definition) is 5. The van der Waals surface area contributed by atoms with Crippen LogP contribution in [0.4, 0.5) is 5.69 Å². The Morgan fingerprint density at radius 1 is 1.31 bits per heavy atom. The Balaban J connectivity index is 1.64. The van der Waals surface area contributed by atoms with Gasteiger partial charge in [-0.2, -0.15) is 11.8 Å². The van der Waals surface area contributed by atoms with Gasteiger partial charge < -0.3 is 19.7 Å². The molecule has 0 radical (unpaired) electrons. The minimum atomic E-state index is -0.666. The molecular formula is C18H23ClN2O4S. The second-order valence-electron chi connectivity index (χ2n) is 6.30. The molecule has 0 saturated carbocycles. The third-order valence-corrected chi connectivity index (χ3v) is 5.63. The Morgan fingerprint density at radius 3 is 3.00 bits per heavy atom. The van der Waals surface area contributed by atoms with Crippen LogP contribution < -0.4 is 10.1 Å². The number of anilines is 1. The fraction of sp³-hybridized carbons (Fsp3) is 0.556. The van der Waals surface area contributed by atoms with E-state index in [0.717, 1.165) is 37.4 Å². The average Bonchev–Trinajstić information content (AvgIpc) is 3.00. The lowest BCUT2D eigenvalue weighted by atomic mass is 10.2. The van der Waals surface area contributed by atoms with E-state index in [-0.39, 0.29) is 6.10 Å². The first-order chi connectivity index (χ1) is 12.6. The van der Waals surface area contributed by atoms with E-state index in [1.165, 1.54) is 0 Å². The second kappa shape index (κ2) is 9.48. The largest absolute Gasteiger partial charge is 0.489 e. The van der Waals surface area contributed by atoms with Gasteiger partial charge in [-0.05, 0) is 43.2 Å². The number of carbonyl (C=O) groups is 2. The summed E-state index contributed by atoms with van der Waals surface area (Å²) < 4.78 is 11.3. The summed E-state index contributed by atoms with van der Waals surface area (Å²) in [6.07, 6.45) is 2.95. The smallest absolute Gasteiger partial charge is 0.314 e. The SMILES string of the molecule is O=C(Nc1cc(Cl)ccc1OCC1CCCO1)C(=O)N1CCCSCC1. The number of amides is 2. The van der Waals surface area contributed by atoms with Crippen LogP contribution in [0.5, 0.6) is 5.75 Å². The van der Waals surface area contributed by atoms with Gasteiger partial charge in [-0.15, -0.1) is 0 Å². The molecule has 1 N–H and O–H groups in total. The molecule has 2 aliphatic heterocycles. The van der Waals surface area contributed by atoms with Gasteiger partial charge in [-0.3, -0.25) is 9.59 Å². The van der Waals surface area contributed by atoms with Crippen molar-refractivity contribution in [2.75, 3.05) is 43.1 Å². The van der Waals surface area contributed by atoms with Crippen LogP contribution in [0.25, 0.3) is 0 Å². The molecule has 1 aromatic carbocycles. The van der Waals surface area contributed by atoms with E-state index >= 15 is 0 Å². The van der Waals surface area contributed by atoms with Gasteiger partial charge in [0, 0.05) is 30.5 Å². The van der Waals surface area contributed by atoms with Crippen LogP contribution in [0.2, 0.25) is 5.02 Å². The molecule has 0 aliphatic carbocycles. The number of hydrogen-bond donors (Lipinski definition) is 1. The number of benzene rings is 1. The van der Waals surface area contributed by atoms with Gasteiger partial charge >= 0.3 is 11.8 Å². The maximum atomic E-state index is 12.4. The van der Waals surface area contributed by atoms with Crippen molar-refractivity contribution in [1.29, 1.82) is 0 Å². The first-order valence-corrected chi connectivity index (χ1v) is 10.4. The van der Waals surface area contributed by atoms with Gasteiger partial charge in [0.25, 0.3) is 0 Å². The predicted octanol–water partition coefficient (Wildman–Crippen LogP) is 2.80. The lowest BCUT2D eigenvalue weighted by molar-refractivity contribution is -0.142. The zero-order chi connectivity index (χ0) is 18.4. The zero-order valence-corrected chi connectivity index (χ0v) is 16.1. The number of thioether (sulfide) groups is 1. The molecule has 3 rings (SSSR count). The fourth-order valence-electron chi connectivity index (χ4n) is 2.95. The number of ether oxygens (including phenoxy) is 2. The average molecular weight is 399 g/mol. The highest BCUT2D eigenvalue weighted by molar-refractivity contribution is 7.99. The highest BCUT2D eigenvalue weighted by Gasteiger charge is 2.24. The molecule has 0 aromatic heterocycles. The maximum absolute atomic E-state index is 12.4. The van der Waals surface area contributed by atoms with Crippen molar-refractivity contribution in [2.24, 2.45) is 0 Å². The quantitative estimate of drug-likeness (QED) is 0.790. The van der Waals surface area contributed by atoms with Crippen LogP contribution in [-0.2, 0) is 14.3 Å². The summed E-state index contributed by atoms with van der Waals surface area (Å²) in [4.78, 5) is 26.4. The normalized spacial score (nSPS) is 20.5. The van der Waals surface area contributed by atoms with E-state index in [9.17, 15) is 9.59 Å². The summed E-state index contributed by atoms with van der Waals surface area (Å²) in [6.45, 7) is 2.36. The molecular weight excluding hydrogens is 376 g/mol. The second-order valence-corrected chi connectivity index (χ2v) is 7.96. The molecule has 2 aliphatic rings. The highest BCUT2D eigenvalue weighted by atomic mass is 35.5. The van der Waals surface area contributed by atoms with Gasteiger partial charge in [0.1, 0.15) is 12.4 Å². The third-order valence-electron chi connectivity index (χ3n) is 4.34.